The van der Waals surface area contributed by atoms with Gasteiger partial charge >= 0.3 is 0 Å². The molecule has 7 nitrogen and oxygen atoms in total. The normalized spacial score (nSPS) is 10.6. The molecule has 0 aliphatic carbocycles. The van der Waals surface area contributed by atoms with Crippen LogP contribution in [0.15, 0.2) is 53.7 Å². The SMILES string of the molecule is CCn1c(COc2ccc(OC)cc2)nnc1SCC(=O)Nc1ccccc1Cl. The maximum Gasteiger partial charge on any atom is 0.234 e. The Bertz CT molecular complexity index is 963. The lowest BCUT2D eigenvalue weighted by molar-refractivity contribution is -0.113. The van der Waals surface area contributed by atoms with Crippen LogP contribution >= 0.6 is 23.4 Å². The fraction of sp³-hybridized carbons (Fsp3) is 0.250. The Morgan fingerprint density at radius 1 is 1.14 bits per heavy atom. The lowest BCUT2D eigenvalue weighted by Gasteiger charge is -2.10. The van der Waals surface area contributed by atoms with Gasteiger partial charge in [-0.2, -0.15) is 0 Å². The molecule has 152 valence electrons. The highest BCUT2D eigenvalue weighted by molar-refractivity contribution is 7.99. The Morgan fingerprint density at radius 3 is 2.55 bits per heavy atom. The van der Waals surface area contributed by atoms with Gasteiger partial charge in [0.05, 0.1) is 23.6 Å². The molecule has 0 fully saturated rings. The van der Waals surface area contributed by atoms with Crippen molar-refractivity contribution in [2.24, 2.45) is 0 Å². The maximum absolute atomic E-state index is 12.2. The maximum atomic E-state index is 12.2. The summed E-state index contributed by atoms with van der Waals surface area (Å²) in [7, 11) is 1.62. The first-order chi connectivity index (χ1) is 14.1. The van der Waals surface area contributed by atoms with Crippen LogP contribution in [0.5, 0.6) is 11.5 Å². The Labute approximate surface area is 178 Å². The molecular weight excluding hydrogens is 412 g/mol. The van der Waals surface area contributed by atoms with E-state index in [9.17, 15) is 4.79 Å². The molecule has 9 heteroatoms. The molecule has 0 unspecified atom stereocenters. The largest absolute Gasteiger partial charge is 0.497 e. The van der Waals surface area contributed by atoms with E-state index >= 15 is 0 Å². The summed E-state index contributed by atoms with van der Waals surface area (Å²) >= 11 is 7.38. The molecular formula is C20H21ClN4O3S. The number of carbonyl (C=O) groups is 1. The van der Waals surface area contributed by atoms with E-state index in [-0.39, 0.29) is 18.3 Å². The number of aromatic nitrogens is 3. The molecule has 1 aromatic heterocycles. The van der Waals surface area contributed by atoms with Crippen LogP contribution in [-0.4, -0.2) is 33.5 Å². The zero-order chi connectivity index (χ0) is 20.6. The number of para-hydroxylation sites is 1. The number of benzene rings is 2. The van der Waals surface area contributed by atoms with E-state index in [0.717, 1.165) is 5.75 Å². The van der Waals surface area contributed by atoms with Gasteiger partial charge in [0, 0.05) is 6.54 Å². The molecule has 0 aliphatic heterocycles. The third kappa shape index (κ3) is 5.65. The predicted molar refractivity (Wildman–Crippen MR) is 114 cm³/mol. The van der Waals surface area contributed by atoms with Gasteiger partial charge in [0.1, 0.15) is 18.1 Å². The number of halogens is 1. The van der Waals surface area contributed by atoms with Crippen LogP contribution in [0, 0.1) is 0 Å². The van der Waals surface area contributed by atoms with Gasteiger partial charge in [0.2, 0.25) is 5.91 Å². The van der Waals surface area contributed by atoms with E-state index in [0.29, 0.717) is 34.0 Å². The molecule has 1 heterocycles. The Balaban J connectivity index is 1.57. The van der Waals surface area contributed by atoms with Gasteiger partial charge in [-0.1, -0.05) is 35.5 Å². The van der Waals surface area contributed by atoms with Gasteiger partial charge in [-0.25, -0.2) is 0 Å². The first-order valence-electron chi connectivity index (χ1n) is 8.96. The second-order valence-electron chi connectivity index (χ2n) is 5.92. The number of thioether (sulfide) groups is 1. The predicted octanol–water partition coefficient (Wildman–Crippen LogP) is 4.27. The first kappa shape index (κ1) is 21.0. The van der Waals surface area contributed by atoms with E-state index in [1.54, 1.807) is 19.2 Å². The second kappa shape index (κ2) is 10.2. The average molecular weight is 433 g/mol. The number of methoxy groups -OCH3 is 1. The third-order valence-corrected chi connectivity index (χ3v) is 5.31. The molecule has 2 aromatic carbocycles. The topological polar surface area (TPSA) is 78.3 Å². The molecule has 0 radical (unpaired) electrons. The first-order valence-corrected chi connectivity index (χ1v) is 10.3. The summed E-state index contributed by atoms with van der Waals surface area (Å²) in [5.74, 6) is 2.21. The molecule has 0 atom stereocenters. The number of carbonyl (C=O) groups excluding carboxylic acids is 1. The molecule has 29 heavy (non-hydrogen) atoms. The number of amides is 1. The zero-order valence-corrected chi connectivity index (χ0v) is 17.7. The Morgan fingerprint density at radius 2 is 1.86 bits per heavy atom. The summed E-state index contributed by atoms with van der Waals surface area (Å²) in [5.41, 5.74) is 0.588. The molecule has 0 spiro atoms. The molecule has 1 amide bonds. The number of rotatable bonds is 9. The van der Waals surface area contributed by atoms with Gasteiger partial charge in [0.15, 0.2) is 11.0 Å². The van der Waals surface area contributed by atoms with Crippen LogP contribution in [0.2, 0.25) is 5.02 Å². The van der Waals surface area contributed by atoms with Crippen LogP contribution in [0.1, 0.15) is 12.7 Å². The second-order valence-corrected chi connectivity index (χ2v) is 7.27. The molecule has 0 bridgehead atoms. The van der Waals surface area contributed by atoms with Crippen molar-refractivity contribution >= 4 is 35.0 Å². The van der Waals surface area contributed by atoms with Crippen molar-refractivity contribution in [1.82, 2.24) is 14.8 Å². The Kier molecular flexibility index (Phi) is 7.37. The highest BCUT2D eigenvalue weighted by Gasteiger charge is 2.14. The summed E-state index contributed by atoms with van der Waals surface area (Å²) in [6.45, 7) is 2.94. The molecule has 0 saturated heterocycles. The summed E-state index contributed by atoms with van der Waals surface area (Å²) in [5, 5.41) is 12.4. The van der Waals surface area contributed by atoms with Crippen molar-refractivity contribution in [3.63, 3.8) is 0 Å². The van der Waals surface area contributed by atoms with Crippen molar-refractivity contribution in [3.05, 3.63) is 59.4 Å². The summed E-state index contributed by atoms with van der Waals surface area (Å²) in [4.78, 5) is 12.2. The van der Waals surface area contributed by atoms with E-state index in [2.05, 4.69) is 15.5 Å². The fourth-order valence-corrected chi connectivity index (χ4v) is 3.55. The van der Waals surface area contributed by atoms with Crippen LogP contribution in [0.25, 0.3) is 0 Å². The van der Waals surface area contributed by atoms with Crippen LogP contribution in [-0.2, 0) is 17.9 Å². The number of hydrogen-bond acceptors (Lipinski definition) is 6. The van der Waals surface area contributed by atoms with E-state index in [1.807, 2.05) is 47.9 Å². The number of anilines is 1. The van der Waals surface area contributed by atoms with Gasteiger partial charge < -0.3 is 19.4 Å². The summed E-state index contributed by atoms with van der Waals surface area (Å²) < 4.78 is 12.8. The fourth-order valence-electron chi connectivity index (χ4n) is 2.55. The van der Waals surface area contributed by atoms with E-state index in [4.69, 9.17) is 21.1 Å². The van der Waals surface area contributed by atoms with Crippen molar-refractivity contribution < 1.29 is 14.3 Å². The summed E-state index contributed by atoms with van der Waals surface area (Å²) in [6.07, 6.45) is 0. The van der Waals surface area contributed by atoms with E-state index < -0.39 is 0 Å². The van der Waals surface area contributed by atoms with Crippen molar-refractivity contribution in [2.45, 2.75) is 25.2 Å². The molecule has 3 aromatic rings. The standard InChI is InChI=1S/C20H21ClN4O3S/c1-3-25-18(12-28-15-10-8-14(27-2)9-11-15)23-24-20(25)29-13-19(26)22-17-7-5-4-6-16(17)21/h4-11H,3,12-13H2,1-2H3,(H,22,26). The van der Waals surface area contributed by atoms with Gasteiger partial charge in [-0.15, -0.1) is 10.2 Å². The number of hydrogen-bond donors (Lipinski definition) is 1. The molecule has 1 N–H and O–H groups in total. The van der Waals surface area contributed by atoms with E-state index in [1.165, 1.54) is 11.8 Å². The van der Waals surface area contributed by atoms with Gasteiger partial charge in [-0.3, -0.25) is 4.79 Å². The molecule has 0 aliphatic rings. The minimum absolute atomic E-state index is 0.162. The minimum atomic E-state index is -0.162. The lowest BCUT2D eigenvalue weighted by Crippen LogP contribution is -2.15. The quantitative estimate of drug-likeness (QED) is 0.509. The zero-order valence-electron chi connectivity index (χ0n) is 16.1. The number of nitrogens with zero attached hydrogens (tertiary/aromatic N) is 3. The third-order valence-electron chi connectivity index (χ3n) is 4.02. The van der Waals surface area contributed by atoms with Crippen LogP contribution in [0.3, 0.4) is 0 Å². The minimum Gasteiger partial charge on any atom is -0.497 e. The highest BCUT2D eigenvalue weighted by Crippen LogP contribution is 2.23. The number of nitrogens with one attached hydrogen (secondary N) is 1. The Hall–Kier alpha value is -2.71. The van der Waals surface area contributed by atoms with Gasteiger partial charge in [-0.05, 0) is 43.3 Å². The van der Waals surface area contributed by atoms with Crippen LogP contribution < -0.4 is 14.8 Å². The van der Waals surface area contributed by atoms with Crippen molar-refractivity contribution in [1.29, 1.82) is 0 Å². The monoisotopic (exact) mass is 432 g/mol. The van der Waals surface area contributed by atoms with Crippen LogP contribution in [0.4, 0.5) is 5.69 Å². The number of ether oxygens (including phenoxy) is 2. The van der Waals surface area contributed by atoms with Crippen molar-refractivity contribution in [2.75, 3.05) is 18.2 Å². The lowest BCUT2D eigenvalue weighted by atomic mass is 10.3. The molecule has 0 saturated carbocycles. The average Bonchev–Trinajstić information content (AvgIpc) is 3.14. The van der Waals surface area contributed by atoms with Gasteiger partial charge in [0.25, 0.3) is 0 Å². The summed E-state index contributed by atoms with van der Waals surface area (Å²) in [6, 6.07) is 14.4. The van der Waals surface area contributed by atoms with Crippen molar-refractivity contribution in [3.8, 4) is 11.5 Å². The highest BCUT2D eigenvalue weighted by atomic mass is 35.5. The smallest absolute Gasteiger partial charge is 0.234 e. The molecule has 3 rings (SSSR count).